The molecule has 1 heterocycles. The zero-order valence-corrected chi connectivity index (χ0v) is 5.76. The molecule has 0 unspecified atom stereocenters. The third kappa shape index (κ3) is 1.22. The number of nitrogens with zero attached hydrogens (tertiary/aromatic N) is 1. The number of aromatic nitrogens is 1. The van der Waals surface area contributed by atoms with Gasteiger partial charge in [0.15, 0.2) is 0 Å². The molecule has 64 valence electrons. The summed E-state index contributed by atoms with van der Waals surface area (Å²) in [5, 5.41) is 36.5. The van der Waals surface area contributed by atoms with E-state index in [0.29, 0.717) is 0 Å². The van der Waals surface area contributed by atoms with Gasteiger partial charge in [-0.3, -0.25) is 0 Å². The first-order valence-corrected chi connectivity index (χ1v) is 2.91. The third-order valence-electron chi connectivity index (χ3n) is 1.23. The highest BCUT2D eigenvalue weighted by molar-refractivity contribution is 5.87. The van der Waals surface area contributed by atoms with Crippen LogP contribution in [0.4, 0.5) is 0 Å². The monoisotopic (exact) mass is 171 g/mol. The molecule has 0 spiro atoms. The van der Waals surface area contributed by atoms with Gasteiger partial charge in [0.2, 0.25) is 0 Å². The van der Waals surface area contributed by atoms with Crippen LogP contribution in [-0.4, -0.2) is 21.3 Å². The molecule has 0 amide bonds. The van der Waals surface area contributed by atoms with E-state index in [1.54, 1.807) is 0 Å². The normalized spacial score (nSPS) is 9.67. The Kier molecular flexibility index (Phi) is 1.74. The van der Waals surface area contributed by atoms with Gasteiger partial charge in [0, 0.05) is 0 Å². The lowest BCUT2D eigenvalue weighted by molar-refractivity contribution is -0.621. The van der Waals surface area contributed by atoms with E-state index in [1.807, 2.05) is 0 Å². The molecule has 1 rings (SSSR count). The maximum absolute atomic E-state index is 10.6. The molecule has 0 saturated heterocycles. The second kappa shape index (κ2) is 2.57. The Morgan fingerprint density at radius 3 is 2.08 bits per heavy atom. The molecule has 0 aliphatic carbocycles. The van der Waals surface area contributed by atoms with Gasteiger partial charge in [0.1, 0.15) is 0 Å². The highest BCUT2D eigenvalue weighted by Crippen LogP contribution is 2.12. The van der Waals surface area contributed by atoms with Crippen LogP contribution in [0.2, 0.25) is 0 Å². The first kappa shape index (κ1) is 8.12. The molecule has 1 aromatic rings. The van der Waals surface area contributed by atoms with E-state index in [1.165, 1.54) is 0 Å². The molecule has 0 atom stereocenters. The molecule has 0 fully saturated rings. The van der Waals surface area contributed by atoms with Crippen molar-refractivity contribution in [2.45, 2.75) is 0 Å². The molecule has 12 heavy (non-hydrogen) atoms. The van der Waals surface area contributed by atoms with E-state index < -0.39 is 17.7 Å². The minimum atomic E-state index is -1.33. The van der Waals surface area contributed by atoms with E-state index in [-0.39, 0.29) is 10.3 Å². The third-order valence-corrected chi connectivity index (χ3v) is 1.23. The van der Waals surface area contributed by atoms with Crippen LogP contribution in [0.1, 0.15) is 10.4 Å². The van der Waals surface area contributed by atoms with Crippen LogP contribution in [0.25, 0.3) is 0 Å². The fourth-order valence-corrected chi connectivity index (χ4v) is 0.678. The lowest BCUT2D eigenvalue weighted by Crippen LogP contribution is -2.26. The van der Waals surface area contributed by atoms with Crippen molar-refractivity contribution in [1.29, 1.82) is 0 Å². The van der Waals surface area contributed by atoms with Crippen molar-refractivity contribution in [3.8, 4) is 11.8 Å². The Labute approximate surface area is 66.5 Å². The van der Waals surface area contributed by atoms with Gasteiger partial charge in [-0.2, -0.15) is 0 Å². The second-order valence-corrected chi connectivity index (χ2v) is 2.06. The molecular weight excluding hydrogens is 166 g/mol. The number of carbonyl (C=O) groups is 1. The van der Waals surface area contributed by atoms with Gasteiger partial charge in [-0.15, -0.1) is 0 Å². The molecule has 6 nitrogen and oxygen atoms in total. The predicted octanol–water partition coefficient (Wildman–Crippen LogP) is -0.571. The predicted molar refractivity (Wildman–Crippen MR) is 35.7 cm³/mol. The van der Waals surface area contributed by atoms with Crippen LogP contribution in [0.15, 0.2) is 12.1 Å². The van der Waals surface area contributed by atoms with E-state index in [9.17, 15) is 10.0 Å². The highest BCUT2D eigenvalue weighted by Gasteiger charge is 2.15. The number of hydrogen-bond acceptors (Lipinski definition) is 4. The summed E-state index contributed by atoms with van der Waals surface area (Å²) in [6, 6.07) is 1.49. The quantitative estimate of drug-likeness (QED) is 0.387. The Hall–Kier alpha value is -1.98. The molecule has 0 aromatic carbocycles. The van der Waals surface area contributed by atoms with Gasteiger partial charge in [-0.25, -0.2) is 4.79 Å². The molecular formula is C6H5NO5. The zero-order valence-electron chi connectivity index (χ0n) is 5.76. The van der Waals surface area contributed by atoms with Crippen molar-refractivity contribution in [2.75, 3.05) is 0 Å². The summed E-state index contributed by atoms with van der Waals surface area (Å²) in [7, 11) is 0. The van der Waals surface area contributed by atoms with Gasteiger partial charge in [0.25, 0.3) is 0 Å². The van der Waals surface area contributed by atoms with Gasteiger partial charge in [-0.1, -0.05) is 4.73 Å². The Bertz CT molecular complexity index is 312. The fourth-order valence-electron chi connectivity index (χ4n) is 0.678. The zero-order chi connectivity index (χ0) is 9.30. The smallest absolute Gasteiger partial charge is 0.381 e. The number of rotatable bonds is 1. The Balaban J connectivity index is 3.31. The summed E-state index contributed by atoms with van der Waals surface area (Å²) < 4.78 is -0.188. The van der Waals surface area contributed by atoms with Crippen molar-refractivity contribution in [2.24, 2.45) is 0 Å². The van der Waals surface area contributed by atoms with Crippen LogP contribution in [-0.2, 0) is 0 Å². The van der Waals surface area contributed by atoms with Gasteiger partial charge >= 0.3 is 17.7 Å². The summed E-state index contributed by atoms with van der Waals surface area (Å²) >= 11 is 0. The molecule has 0 radical (unpaired) electrons. The van der Waals surface area contributed by atoms with Crippen LogP contribution >= 0.6 is 0 Å². The minimum absolute atomic E-state index is 0.188. The van der Waals surface area contributed by atoms with Crippen molar-refractivity contribution in [3.63, 3.8) is 0 Å². The Morgan fingerprint density at radius 1 is 1.33 bits per heavy atom. The van der Waals surface area contributed by atoms with E-state index in [2.05, 4.69) is 0 Å². The molecule has 1 aromatic heterocycles. The largest absolute Gasteiger partial charge is 0.613 e. The summed E-state index contributed by atoms with van der Waals surface area (Å²) in [6.07, 6.45) is 0. The van der Waals surface area contributed by atoms with Gasteiger partial charge in [-0.05, 0) is 0 Å². The van der Waals surface area contributed by atoms with Crippen LogP contribution in [0.3, 0.4) is 0 Å². The van der Waals surface area contributed by atoms with Gasteiger partial charge in [0.05, 0.1) is 17.7 Å². The first-order chi connectivity index (χ1) is 5.52. The second-order valence-electron chi connectivity index (χ2n) is 2.06. The summed E-state index contributed by atoms with van der Waals surface area (Å²) in [5.41, 5.74) is -0.350. The maximum Gasteiger partial charge on any atom is 0.381 e. The molecule has 6 heteroatoms. The van der Waals surface area contributed by atoms with Crippen LogP contribution < -0.4 is 4.73 Å². The number of aromatic hydroxyl groups is 2. The van der Waals surface area contributed by atoms with Crippen molar-refractivity contribution in [3.05, 3.63) is 22.9 Å². The Morgan fingerprint density at radius 2 is 1.75 bits per heavy atom. The molecule has 0 aliphatic rings. The maximum atomic E-state index is 10.6. The lowest BCUT2D eigenvalue weighted by Gasteiger charge is -2.00. The van der Waals surface area contributed by atoms with E-state index in [0.717, 1.165) is 12.1 Å². The number of hydrogen-bond donors (Lipinski definition) is 3. The standard InChI is InChI=1S/C6H5NO5/c8-4-1-3(6(10)11)2-5(9)7(4)12/h1-2,8-9H,(H,10,11). The average molecular weight is 171 g/mol. The average Bonchev–Trinajstić information content (AvgIpc) is 1.99. The molecule has 0 saturated carbocycles. The summed E-state index contributed by atoms with van der Waals surface area (Å²) in [5.74, 6) is -3.04. The molecule has 0 aliphatic heterocycles. The number of carboxylic acids is 1. The lowest BCUT2D eigenvalue weighted by atomic mass is 10.2. The van der Waals surface area contributed by atoms with Crippen molar-refractivity contribution < 1.29 is 24.8 Å². The SMILES string of the molecule is O=C(O)c1cc(O)[n+]([O-])c(O)c1. The number of aromatic carboxylic acids is 1. The topological polar surface area (TPSA) is 105 Å². The number of carboxylic acid groups (broad SMARTS) is 1. The van der Waals surface area contributed by atoms with Crippen LogP contribution in [0, 0.1) is 5.21 Å². The first-order valence-electron chi connectivity index (χ1n) is 2.91. The number of pyridine rings is 1. The molecule has 0 bridgehead atoms. The van der Waals surface area contributed by atoms with E-state index in [4.69, 9.17) is 15.3 Å². The minimum Gasteiger partial charge on any atom is -0.613 e. The van der Waals surface area contributed by atoms with E-state index >= 15 is 0 Å². The highest BCUT2D eigenvalue weighted by atomic mass is 16.5. The van der Waals surface area contributed by atoms with Gasteiger partial charge < -0.3 is 20.5 Å². The molecule has 3 N–H and O–H groups in total. The van der Waals surface area contributed by atoms with Crippen molar-refractivity contribution >= 4 is 5.97 Å². The van der Waals surface area contributed by atoms with Crippen molar-refractivity contribution in [1.82, 2.24) is 0 Å². The van der Waals surface area contributed by atoms with Crippen LogP contribution in [0.5, 0.6) is 11.8 Å². The summed E-state index contributed by atoms with van der Waals surface area (Å²) in [4.78, 5) is 10.3. The fraction of sp³-hybridized carbons (Fsp3) is 0. The summed E-state index contributed by atoms with van der Waals surface area (Å²) in [6.45, 7) is 0.